The lowest BCUT2D eigenvalue weighted by molar-refractivity contribution is -0.131. The zero-order valence-corrected chi connectivity index (χ0v) is 9.22. The van der Waals surface area contributed by atoms with Crippen molar-refractivity contribution < 1.29 is 15.1 Å². The van der Waals surface area contributed by atoms with E-state index in [0.717, 1.165) is 19.3 Å². The molecule has 4 saturated carbocycles. The lowest BCUT2D eigenvalue weighted by Crippen LogP contribution is -2.51. The topological polar surface area (TPSA) is 69.9 Å². The van der Waals surface area contributed by atoms with Crippen LogP contribution in [0.25, 0.3) is 0 Å². The monoisotopic (exact) mass is 223 g/mol. The van der Waals surface area contributed by atoms with Gasteiger partial charge in [0.25, 0.3) is 0 Å². The Balaban J connectivity index is 1.96. The van der Waals surface area contributed by atoms with Crippen LogP contribution in [0.1, 0.15) is 38.5 Å². The second-order valence-corrected chi connectivity index (χ2v) is 5.95. The number of carboxylic acids is 1. The highest BCUT2D eigenvalue weighted by atomic mass is 16.4. The summed E-state index contributed by atoms with van der Waals surface area (Å²) in [6.07, 6.45) is 6.55. The molecule has 0 spiro atoms. The average Bonchev–Trinajstić information content (AvgIpc) is 2.14. The molecule has 0 unspecified atom stereocenters. The van der Waals surface area contributed by atoms with Crippen LogP contribution in [0.3, 0.4) is 0 Å². The van der Waals surface area contributed by atoms with Gasteiger partial charge >= 0.3 is 5.97 Å². The van der Waals surface area contributed by atoms with Gasteiger partial charge in [0.05, 0.1) is 0 Å². The van der Waals surface area contributed by atoms with Gasteiger partial charge in [-0.3, -0.25) is 0 Å². The highest BCUT2D eigenvalue weighted by Crippen LogP contribution is 2.60. The van der Waals surface area contributed by atoms with Crippen molar-refractivity contribution in [3.05, 3.63) is 0 Å². The molecule has 0 aromatic rings. The molecule has 88 valence electrons. The van der Waals surface area contributed by atoms with E-state index in [0.29, 0.717) is 17.8 Å². The van der Waals surface area contributed by atoms with Gasteiger partial charge in [-0.15, -0.1) is 0 Å². The minimum Gasteiger partial charge on any atom is -0.477 e. The third-order valence-corrected chi connectivity index (χ3v) is 4.84. The lowest BCUT2D eigenvalue weighted by atomic mass is 9.48. The summed E-state index contributed by atoms with van der Waals surface area (Å²) >= 11 is 0. The molecular formula is C12H17NO3. The van der Waals surface area contributed by atoms with E-state index >= 15 is 0 Å². The molecule has 0 atom stereocenters. The first-order chi connectivity index (χ1) is 7.63. The van der Waals surface area contributed by atoms with Crippen molar-refractivity contribution >= 4 is 11.7 Å². The van der Waals surface area contributed by atoms with Gasteiger partial charge in [0.1, 0.15) is 0 Å². The van der Waals surface area contributed by atoms with Crippen molar-refractivity contribution in [3.63, 3.8) is 0 Å². The fraction of sp³-hybridized carbons (Fsp3) is 0.833. The van der Waals surface area contributed by atoms with Gasteiger partial charge in [-0.1, -0.05) is 5.16 Å². The number of aliphatic carboxylic acids is 1. The summed E-state index contributed by atoms with van der Waals surface area (Å²) in [5, 5.41) is 21.2. The molecule has 0 heterocycles. The number of carbonyl (C=O) groups is 1. The maximum atomic E-state index is 11.2. The standard InChI is InChI=1S/C12H17NO3/c14-11(15)10(13-16)12-4-7-1-8(5-12)3-9(2-7)6-12/h7-9,16H,1-6H2,(H,14,15)/b13-10+. The van der Waals surface area contributed by atoms with Crippen LogP contribution in [0, 0.1) is 23.2 Å². The number of rotatable bonds is 2. The third kappa shape index (κ3) is 1.28. The van der Waals surface area contributed by atoms with E-state index in [-0.39, 0.29) is 11.1 Å². The summed E-state index contributed by atoms with van der Waals surface area (Å²) in [6, 6.07) is 0. The van der Waals surface area contributed by atoms with E-state index in [1.807, 2.05) is 0 Å². The molecule has 4 bridgehead atoms. The molecule has 0 aromatic carbocycles. The Labute approximate surface area is 94.3 Å². The zero-order chi connectivity index (χ0) is 11.3. The van der Waals surface area contributed by atoms with E-state index in [1.54, 1.807) is 0 Å². The average molecular weight is 223 g/mol. The van der Waals surface area contributed by atoms with E-state index < -0.39 is 5.97 Å². The van der Waals surface area contributed by atoms with Crippen LogP contribution < -0.4 is 0 Å². The minimum atomic E-state index is -1.04. The first kappa shape index (κ1) is 10.1. The van der Waals surface area contributed by atoms with Crippen molar-refractivity contribution in [3.8, 4) is 0 Å². The summed E-state index contributed by atoms with van der Waals surface area (Å²) < 4.78 is 0. The number of oxime groups is 1. The third-order valence-electron chi connectivity index (χ3n) is 4.84. The number of carboxylic acid groups (broad SMARTS) is 1. The Kier molecular flexibility index (Phi) is 2.03. The van der Waals surface area contributed by atoms with Crippen LogP contribution in [0.4, 0.5) is 0 Å². The number of hydrogen-bond donors (Lipinski definition) is 2. The fourth-order valence-corrected chi connectivity index (χ4v) is 4.78. The summed E-state index contributed by atoms with van der Waals surface area (Å²) in [4.78, 5) is 11.2. The molecule has 4 rings (SSSR count). The van der Waals surface area contributed by atoms with Crippen LogP contribution in [0.15, 0.2) is 5.16 Å². The van der Waals surface area contributed by atoms with Crippen LogP contribution in [-0.4, -0.2) is 22.0 Å². The molecule has 0 aromatic heterocycles. The molecule has 0 radical (unpaired) electrons. The highest BCUT2D eigenvalue weighted by molar-refractivity contribution is 6.37. The zero-order valence-electron chi connectivity index (χ0n) is 9.22. The first-order valence-corrected chi connectivity index (χ1v) is 6.09. The molecule has 4 nitrogen and oxygen atoms in total. The molecule has 4 fully saturated rings. The molecular weight excluding hydrogens is 206 g/mol. The maximum Gasteiger partial charge on any atom is 0.354 e. The maximum absolute atomic E-state index is 11.2. The predicted molar refractivity (Wildman–Crippen MR) is 57.5 cm³/mol. The van der Waals surface area contributed by atoms with E-state index in [4.69, 9.17) is 10.3 Å². The second kappa shape index (κ2) is 3.22. The SMILES string of the molecule is O=C(O)/C(=N\O)C12CC3CC(CC(C3)C1)C2. The van der Waals surface area contributed by atoms with Gasteiger partial charge in [-0.25, -0.2) is 4.79 Å². The lowest BCUT2D eigenvalue weighted by Gasteiger charge is -2.56. The minimum absolute atomic E-state index is 0.0200. The largest absolute Gasteiger partial charge is 0.477 e. The summed E-state index contributed by atoms with van der Waals surface area (Å²) in [6.45, 7) is 0. The van der Waals surface area contributed by atoms with Gasteiger partial charge in [-0.05, 0) is 56.3 Å². The van der Waals surface area contributed by atoms with Crippen molar-refractivity contribution in [1.29, 1.82) is 0 Å². The Morgan fingerprint density at radius 2 is 1.50 bits per heavy atom. The Morgan fingerprint density at radius 3 is 1.81 bits per heavy atom. The van der Waals surface area contributed by atoms with Gasteiger partial charge in [0, 0.05) is 5.41 Å². The summed E-state index contributed by atoms with van der Waals surface area (Å²) in [7, 11) is 0. The van der Waals surface area contributed by atoms with Crippen molar-refractivity contribution in [1.82, 2.24) is 0 Å². The predicted octanol–water partition coefficient (Wildman–Crippen LogP) is 2.12. The molecule has 2 N–H and O–H groups in total. The molecule has 0 amide bonds. The van der Waals surface area contributed by atoms with E-state index in [1.165, 1.54) is 19.3 Å². The molecule has 0 aliphatic heterocycles. The van der Waals surface area contributed by atoms with Crippen LogP contribution >= 0.6 is 0 Å². The second-order valence-electron chi connectivity index (χ2n) is 5.95. The Morgan fingerprint density at radius 1 is 1.06 bits per heavy atom. The van der Waals surface area contributed by atoms with Gasteiger partial charge in [0.15, 0.2) is 5.71 Å². The smallest absolute Gasteiger partial charge is 0.354 e. The molecule has 4 aliphatic rings. The Hall–Kier alpha value is -1.06. The molecule has 4 heteroatoms. The van der Waals surface area contributed by atoms with E-state index in [9.17, 15) is 4.79 Å². The normalized spacial score (nSPS) is 46.0. The van der Waals surface area contributed by atoms with Gasteiger partial charge in [-0.2, -0.15) is 0 Å². The highest BCUT2D eigenvalue weighted by Gasteiger charge is 2.55. The number of nitrogens with zero attached hydrogens (tertiary/aromatic N) is 1. The number of hydrogen-bond acceptors (Lipinski definition) is 3. The molecule has 16 heavy (non-hydrogen) atoms. The van der Waals surface area contributed by atoms with Crippen LogP contribution in [-0.2, 0) is 4.79 Å². The van der Waals surface area contributed by atoms with Crippen LogP contribution in [0.5, 0.6) is 0 Å². The molecule has 0 saturated heterocycles. The van der Waals surface area contributed by atoms with Gasteiger partial charge in [0.2, 0.25) is 0 Å². The van der Waals surface area contributed by atoms with Gasteiger partial charge < -0.3 is 10.3 Å². The van der Waals surface area contributed by atoms with Crippen molar-refractivity contribution in [2.45, 2.75) is 38.5 Å². The fourth-order valence-electron chi connectivity index (χ4n) is 4.78. The molecule has 4 aliphatic carbocycles. The summed E-state index contributed by atoms with van der Waals surface area (Å²) in [5.74, 6) is 0.969. The van der Waals surface area contributed by atoms with Crippen molar-refractivity contribution in [2.24, 2.45) is 28.3 Å². The Bertz CT molecular complexity index is 326. The van der Waals surface area contributed by atoms with Crippen molar-refractivity contribution in [2.75, 3.05) is 0 Å². The van der Waals surface area contributed by atoms with Crippen LogP contribution in [0.2, 0.25) is 0 Å². The summed E-state index contributed by atoms with van der Waals surface area (Å²) in [5.41, 5.74) is -0.290. The first-order valence-electron chi connectivity index (χ1n) is 6.09. The van der Waals surface area contributed by atoms with E-state index in [2.05, 4.69) is 5.16 Å². The quantitative estimate of drug-likeness (QED) is 0.428.